The van der Waals surface area contributed by atoms with Crippen LogP contribution in [-0.4, -0.2) is 26.4 Å². The zero-order valence-corrected chi connectivity index (χ0v) is 12.4. The van der Waals surface area contributed by atoms with Crippen molar-refractivity contribution < 1.29 is 4.74 Å². The number of nitrogens with zero attached hydrogens (tertiary/aromatic N) is 4. The van der Waals surface area contributed by atoms with Gasteiger partial charge in [-0.1, -0.05) is 0 Å². The minimum absolute atomic E-state index is 0.311. The van der Waals surface area contributed by atoms with Gasteiger partial charge < -0.3 is 15.0 Å². The number of fused-ring (bicyclic) bond motifs is 1. The van der Waals surface area contributed by atoms with Crippen LogP contribution >= 0.6 is 0 Å². The molecule has 0 spiro atoms. The number of hydrogen-bond acceptors (Lipinski definition) is 4. The molecule has 3 rings (SSSR count). The molecule has 1 aromatic carbocycles. The molecule has 6 heteroatoms. The summed E-state index contributed by atoms with van der Waals surface area (Å²) in [5.74, 6) is 1.77. The molecule has 0 saturated carbocycles. The fraction of sp³-hybridized carbons (Fsp3) is 0.333. The number of rotatable bonds is 4. The fourth-order valence-corrected chi connectivity index (χ4v) is 2.55. The number of benzene rings is 1. The van der Waals surface area contributed by atoms with Gasteiger partial charge in [0.2, 0.25) is 0 Å². The number of nitrogen functional groups attached to an aromatic ring is 1. The Kier molecular flexibility index (Phi) is 3.29. The molecule has 0 aliphatic carbocycles. The molecule has 0 amide bonds. The molecule has 0 saturated heterocycles. The average Bonchev–Trinajstić information content (AvgIpc) is 3.01. The molecular weight excluding hydrogens is 266 g/mol. The lowest BCUT2D eigenvalue weighted by molar-refractivity contribution is 0.415. The molecule has 21 heavy (non-hydrogen) atoms. The van der Waals surface area contributed by atoms with E-state index in [4.69, 9.17) is 15.5 Å². The van der Waals surface area contributed by atoms with Gasteiger partial charge in [0.05, 0.1) is 36.6 Å². The summed E-state index contributed by atoms with van der Waals surface area (Å²) in [6.45, 7) is 4.88. The van der Waals surface area contributed by atoms with E-state index < -0.39 is 0 Å². The van der Waals surface area contributed by atoms with Crippen LogP contribution in [0.3, 0.4) is 0 Å². The number of hydrogen-bond donors (Lipinski definition) is 1. The van der Waals surface area contributed by atoms with Crippen LogP contribution in [0, 0.1) is 0 Å². The summed E-state index contributed by atoms with van der Waals surface area (Å²) in [5, 5.41) is 4.23. The first-order chi connectivity index (χ1) is 10.1. The van der Waals surface area contributed by atoms with Crippen molar-refractivity contribution in [3.63, 3.8) is 0 Å². The van der Waals surface area contributed by atoms with Crippen LogP contribution in [-0.2, 0) is 6.54 Å². The molecule has 0 aliphatic heterocycles. The van der Waals surface area contributed by atoms with Crippen molar-refractivity contribution in [3.8, 4) is 5.75 Å². The van der Waals surface area contributed by atoms with Gasteiger partial charge in [-0.05, 0) is 26.0 Å². The lowest BCUT2D eigenvalue weighted by Gasteiger charge is -2.13. The molecule has 6 nitrogen and oxygen atoms in total. The maximum absolute atomic E-state index is 5.72. The summed E-state index contributed by atoms with van der Waals surface area (Å²) < 4.78 is 9.28. The quantitative estimate of drug-likeness (QED) is 0.799. The first kappa shape index (κ1) is 13.5. The highest BCUT2D eigenvalue weighted by Gasteiger charge is 2.14. The molecule has 0 unspecified atom stereocenters. The fourth-order valence-electron chi connectivity index (χ4n) is 2.55. The van der Waals surface area contributed by atoms with Crippen molar-refractivity contribution in [1.82, 2.24) is 19.3 Å². The third-order valence-corrected chi connectivity index (χ3v) is 3.44. The number of imidazole rings is 1. The largest absolute Gasteiger partial charge is 0.497 e. The Morgan fingerprint density at radius 3 is 2.76 bits per heavy atom. The number of methoxy groups -OCH3 is 1. The Morgan fingerprint density at radius 2 is 2.14 bits per heavy atom. The summed E-state index contributed by atoms with van der Waals surface area (Å²) in [5.41, 5.74) is 8.40. The first-order valence-electron chi connectivity index (χ1n) is 6.91. The van der Waals surface area contributed by atoms with Crippen molar-refractivity contribution in [2.24, 2.45) is 0 Å². The van der Waals surface area contributed by atoms with Crippen molar-refractivity contribution in [3.05, 3.63) is 36.4 Å². The Morgan fingerprint density at radius 1 is 1.33 bits per heavy atom. The zero-order valence-electron chi connectivity index (χ0n) is 12.4. The lowest BCUT2D eigenvalue weighted by Crippen LogP contribution is -2.11. The normalized spacial score (nSPS) is 11.4. The molecule has 2 heterocycles. The maximum atomic E-state index is 5.72. The van der Waals surface area contributed by atoms with Gasteiger partial charge in [-0.25, -0.2) is 4.98 Å². The highest BCUT2D eigenvalue weighted by molar-refractivity contribution is 5.78. The van der Waals surface area contributed by atoms with Gasteiger partial charge in [0.1, 0.15) is 11.6 Å². The van der Waals surface area contributed by atoms with Gasteiger partial charge >= 0.3 is 0 Å². The van der Waals surface area contributed by atoms with Gasteiger partial charge in [0.25, 0.3) is 0 Å². The molecule has 3 aromatic rings. The van der Waals surface area contributed by atoms with E-state index in [0.717, 1.165) is 22.6 Å². The van der Waals surface area contributed by atoms with Crippen LogP contribution in [0.15, 0.2) is 30.6 Å². The van der Waals surface area contributed by atoms with Crippen LogP contribution < -0.4 is 10.5 Å². The van der Waals surface area contributed by atoms with Crippen LogP contribution in [0.4, 0.5) is 5.69 Å². The van der Waals surface area contributed by atoms with Gasteiger partial charge in [0.15, 0.2) is 0 Å². The molecule has 2 aromatic heterocycles. The summed E-state index contributed by atoms with van der Waals surface area (Å²) in [6.07, 6.45) is 3.45. The van der Waals surface area contributed by atoms with Gasteiger partial charge in [0, 0.05) is 18.3 Å². The van der Waals surface area contributed by atoms with Crippen molar-refractivity contribution in [2.75, 3.05) is 12.8 Å². The summed E-state index contributed by atoms with van der Waals surface area (Å²) in [4.78, 5) is 4.73. The molecule has 0 aliphatic rings. The van der Waals surface area contributed by atoms with E-state index in [9.17, 15) is 0 Å². The molecule has 110 valence electrons. The molecule has 0 fully saturated rings. The van der Waals surface area contributed by atoms with Crippen molar-refractivity contribution >= 4 is 16.7 Å². The number of aromatic nitrogens is 4. The van der Waals surface area contributed by atoms with Crippen LogP contribution in [0.25, 0.3) is 11.0 Å². The second-order valence-corrected chi connectivity index (χ2v) is 5.32. The third-order valence-electron chi connectivity index (χ3n) is 3.44. The predicted molar refractivity (Wildman–Crippen MR) is 82.4 cm³/mol. The maximum Gasteiger partial charge on any atom is 0.131 e. The average molecular weight is 285 g/mol. The first-order valence-corrected chi connectivity index (χ1v) is 6.91. The third kappa shape index (κ3) is 2.44. The molecule has 0 bridgehead atoms. The number of ether oxygens (including phenoxy) is 1. The van der Waals surface area contributed by atoms with Gasteiger partial charge in [-0.2, -0.15) is 5.10 Å². The Labute approximate surface area is 123 Å². The SMILES string of the molecule is COc1ccc2c(c1)nc(Cn1cc(N)cn1)n2C(C)C. The monoisotopic (exact) mass is 285 g/mol. The minimum Gasteiger partial charge on any atom is -0.497 e. The number of nitrogens with two attached hydrogens (primary N) is 1. The van der Waals surface area contributed by atoms with Crippen LogP contribution in [0.2, 0.25) is 0 Å². The van der Waals surface area contributed by atoms with E-state index in [2.05, 4.69) is 23.5 Å². The molecule has 0 atom stereocenters. The second-order valence-electron chi connectivity index (χ2n) is 5.32. The molecule has 0 radical (unpaired) electrons. The van der Waals surface area contributed by atoms with Crippen molar-refractivity contribution in [1.29, 1.82) is 0 Å². The standard InChI is InChI=1S/C15H19N5O/c1-10(2)20-14-5-4-12(21-3)6-13(14)18-15(20)9-19-8-11(16)7-17-19/h4-8,10H,9,16H2,1-3H3. The Hall–Kier alpha value is -2.50. The predicted octanol–water partition coefficient (Wildman–Crippen LogP) is 2.45. The summed E-state index contributed by atoms with van der Waals surface area (Å²) in [7, 11) is 1.66. The van der Waals surface area contributed by atoms with Gasteiger partial charge in [-0.15, -0.1) is 0 Å². The summed E-state index contributed by atoms with van der Waals surface area (Å²) in [6, 6.07) is 6.27. The van der Waals surface area contributed by atoms with E-state index in [-0.39, 0.29) is 0 Å². The summed E-state index contributed by atoms with van der Waals surface area (Å²) >= 11 is 0. The van der Waals surface area contributed by atoms with E-state index in [1.54, 1.807) is 18.0 Å². The lowest BCUT2D eigenvalue weighted by atomic mass is 10.2. The smallest absolute Gasteiger partial charge is 0.131 e. The molecular formula is C15H19N5O. The van der Waals surface area contributed by atoms with Gasteiger partial charge in [-0.3, -0.25) is 4.68 Å². The van der Waals surface area contributed by atoms with E-state index in [1.165, 1.54) is 0 Å². The number of anilines is 1. The molecule has 2 N–H and O–H groups in total. The Balaban J connectivity index is 2.09. The zero-order chi connectivity index (χ0) is 15.0. The van der Waals surface area contributed by atoms with Crippen LogP contribution in [0.1, 0.15) is 25.7 Å². The minimum atomic E-state index is 0.311. The van der Waals surface area contributed by atoms with Crippen molar-refractivity contribution in [2.45, 2.75) is 26.4 Å². The topological polar surface area (TPSA) is 70.9 Å². The van der Waals surface area contributed by atoms with Crippen LogP contribution in [0.5, 0.6) is 5.75 Å². The highest BCUT2D eigenvalue weighted by atomic mass is 16.5. The van der Waals surface area contributed by atoms with E-state index in [1.807, 2.05) is 24.4 Å². The Bertz CT molecular complexity index is 772. The second kappa shape index (κ2) is 5.12. The van der Waals surface area contributed by atoms with E-state index >= 15 is 0 Å². The highest BCUT2D eigenvalue weighted by Crippen LogP contribution is 2.25. The van der Waals surface area contributed by atoms with E-state index in [0.29, 0.717) is 18.3 Å².